The van der Waals surface area contributed by atoms with E-state index in [0.717, 1.165) is 51.4 Å². The van der Waals surface area contributed by atoms with Crippen molar-refractivity contribution in [2.75, 3.05) is 50.7 Å². The largest absolute Gasteiger partial charge is 0.388 e. The van der Waals surface area contributed by atoms with Crippen LogP contribution in [0.5, 0.6) is 0 Å². The van der Waals surface area contributed by atoms with Crippen molar-refractivity contribution < 1.29 is 5.11 Å². The van der Waals surface area contributed by atoms with Gasteiger partial charge in [0.05, 0.1) is 6.10 Å². The third-order valence-corrected chi connectivity index (χ3v) is 5.45. The lowest BCUT2D eigenvalue weighted by Gasteiger charge is -2.33. The first kappa shape index (κ1) is 17.7. The summed E-state index contributed by atoms with van der Waals surface area (Å²) in [7, 11) is 0. The van der Waals surface area contributed by atoms with Crippen molar-refractivity contribution >= 4 is 5.69 Å². The van der Waals surface area contributed by atoms with Gasteiger partial charge in [-0.2, -0.15) is 0 Å². The van der Waals surface area contributed by atoms with Gasteiger partial charge in [0.1, 0.15) is 0 Å². The lowest BCUT2D eigenvalue weighted by molar-refractivity contribution is 0.0842. The van der Waals surface area contributed by atoms with Crippen LogP contribution in [0.1, 0.15) is 43.9 Å². The van der Waals surface area contributed by atoms with Gasteiger partial charge in [-0.25, -0.2) is 0 Å². The minimum absolute atomic E-state index is 0.254. The number of benzene rings is 1. The Kier molecular flexibility index (Phi) is 6.14. The first-order valence-corrected chi connectivity index (χ1v) is 9.68. The summed E-state index contributed by atoms with van der Waals surface area (Å²) in [4.78, 5) is 4.96. The molecule has 2 unspecified atom stereocenters. The molecule has 24 heavy (non-hydrogen) atoms. The first-order chi connectivity index (χ1) is 11.7. The maximum atomic E-state index is 10.9. The molecule has 134 valence electrons. The second kappa shape index (κ2) is 8.32. The summed E-state index contributed by atoms with van der Waals surface area (Å²) in [6.07, 6.45) is 3.21. The number of piperazine rings is 1. The number of nitrogens with zero attached hydrogens (tertiary/aromatic N) is 2. The fourth-order valence-corrected chi connectivity index (χ4v) is 4.08. The average Bonchev–Trinajstić information content (AvgIpc) is 2.62. The average molecular weight is 332 g/mol. The van der Waals surface area contributed by atoms with Gasteiger partial charge in [-0.3, -0.25) is 0 Å². The zero-order valence-corrected chi connectivity index (χ0v) is 15.3. The molecule has 0 saturated carbocycles. The zero-order valence-electron chi connectivity index (χ0n) is 15.3. The third-order valence-electron chi connectivity index (χ3n) is 5.45. The van der Waals surface area contributed by atoms with E-state index in [4.69, 9.17) is 0 Å². The molecule has 0 aromatic heterocycles. The molecule has 4 heteroatoms. The molecule has 2 aliphatic rings. The number of aliphatic hydroxyl groups excluding tert-OH is 1. The van der Waals surface area contributed by atoms with E-state index in [1.54, 1.807) is 0 Å². The van der Waals surface area contributed by atoms with Crippen LogP contribution in [0.4, 0.5) is 5.69 Å². The fourth-order valence-electron chi connectivity index (χ4n) is 4.08. The second-order valence-corrected chi connectivity index (χ2v) is 7.45. The highest BCUT2D eigenvalue weighted by molar-refractivity contribution is 5.57. The van der Waals surface area contributed by atoms with E-state index in [9.17, 15) is 5.11 Å². The molecule has 2 aliphatic heterocycles. The lowest BCUT2D eigenvalue weighted by Crippen LogP contribution is -2.45. The number of aryl methyl sites for hydroxylation is 1. The Hall–Kier alpha value is -1.10. The summed E-state index contributed by atoms with van der Waals surface area (Å²) in [5, 5.41) is 14.3. The van der Waals surface area contributed by atoms with Gasteiger partial charge in [0.15, 0.2) is 0 Å². The van der Waals surface area contributed by atoms with E-state index >= 15 is 0 Å². The summed E-state index contributed by atoms with van der Waals surface area (Å²) in [5.74, 6) is 0.254. The third kappa shape index (κ3) is 4.11. The van der Waals surface area contributed by atoms with Gasteiger partial charge < -0.3 is 20.2 Å². The predicted octanol–water partition coefficient (Wildman–Crippen LogP) is 2.42. The Morgan fingerprint density at radius 2 is 2.00 bits per heavy atom. The Labute approximate surface area is 146 Å². The van der Waals surface area contributed by atoms with Crippen LogP contribution in [-0.4, -0.2) is 55.8 Å². The van der Waals surface area contributed by atoms with Crippen LogP contribution in [0, 0.1) is 5.92 Å². The number of hydrogen-bond acceptors (Lipinski definition) is 4. The summed E-state index contributed by atoms with van der Waals surface area (Å²) in [6, 6.07) is 6.64. The van der Waals surface area contributed by atoms with Gasteiger partial charge in [-0.05, 0) is 42.4 Å². The summed E-state index contributed by atoms with van der Waals surface area (Å²) >= 11 is 0. The number of fused-ring (bicyclic) bond motifs is 1. The standard InChI is InChI=1S/C20H33N3O/c1-3-10-23-11-4-5-17-6-7-18(14-19(17)23)20(24)16(2)15-22-12-8-21-9-13-22/h6-7,14,16,20-21,24H,3-5,8-13,15H2,1-2H3. The number of anilines is 1. The van der Waals surface area contributed by atoms with Gasteiger partial charge in [0.2, 0.25) is 0 Å². The zero-order chi connectivity index (χ0) is 16.9. The Morgan fingerprint density at radius 3 is 2.75 bits per heavy atom. The normalized spacial score (nSPS) is 21.4. The first-order valence-electron chi connectivity index (χ1n) is 9.68. The van der Waals surface area contributed by atoms with E-state index in [2.05, 4.69) is 47.2 Å². The summed E-state index contributed by atoms with van der Waals surface area (Å²) in [5.41, 5.74) is 3.88. The van der Waals surface area contributed by atoms with Crippen LogP contribution in [0.25, 0.3) is 0 Å². The molecule has 0 spiro atoms. The van der Waals surface area contributed by atoms with Crippen molar-refractivity contribution in [1.82, 2.24) is 10.2 Å². The Balaban J connectivity index is 1.70. The number of hydrogen-bond donors (Lipinski definition) is 2. The lowest BCUT2D eigenvalue weighted by atomic mass is 9.92. The van der Waals surface area contributed by atoms with E-state index in [1.807, 2.05) is 0 Å². The molecule has 4 nitrogen and oxygen atoms in total. The van der Waals surface area contributed by atoms with Crippen LogP contribution < -0.4 is 10.2 Å². The molecule has 0 aliphatic carbocycles. The van der Waals surface area contributed by atoms with Gasteiger partial charge in [-0.15, -0.1) is 0 Å². The van der Waals surface area contributed by atoms with Crippen molar-refractivity contribution in [2.24, 2.45) is 5.92 Å². The summed E-state index contributed by atoms with van der Waals surface area (Å²) < 4.78 is 0. The second-order valence-electron chi connectivity index (χ2n) is 7.45. The van der Waals surface area contributed by atoms with Crippen LogP contribution >= 0.6 is 0 Å². The van der Waals surface area contributed by atoms with E-state index in [1.165, 1.54) is 30.5 Å². The molecule has 1 aromatic carbocycles. The molecule has 0 bridgehead atoms. The van der Waals surface area contributed by atoms with Crippen molar-refractivity contribution in [1.29, 1.82) is 0 Å². The quantitative estimate of drug-likeness (QED) is 0.840. The minimum atomic E-state index is -0.379. The predicted molar refractivity (Wildman–Crippen MR) is 101 cm³/mol. The maximum Gasteiger partial charge on any atom is 0.0828 e. The van der Waals surface area contributed by atoms with Crippen molar-refractivity contribution in [3.8, 4) is 0 Å². The van der Waals surface area contributed by atoms with Crippen molar-refractivity contribution in [2.45, 2.75) is 39.2 Å². The van der Waals surface area contributed by atoms with Gasteiger partial charge in [0.25, 0.3) is 0 Å². The topological polar surface area (TPSA) is 38.7 Å². The molecular formula is C20H33N3O. The van der Waals surface area contributed by atoms with Crippen molar-refractivity contribution in [3.63, 3.8) is 0 Å². The molecule has 2 N–H and O–H groups in total. The minimum Gasteiger partial charge on any atom is -0.388 e. The van der Waals surface area contributed by atoms with Crippen LogP contribution in [0.2, 0.25) is 0 Å². The molecule has 1 aromatic rings. The molecule has 2 heterocycles. The van der Waals surface area contributed by atoms with Crippen LogP contribution in [0.15, 0.2) is 18.2 Å². The Bertz CT molecular complexity index is 528. The summed E-state index contributed by atoms with van der Waals surface area (Å²) in [6.45, 7) is 12.0. The monoisotopic (exact) mass is 331 g/mol. The molecule has 1 saturated heterocycles. The van der Waals surface area contributed by atoms with E-state index in [0.29, 0.717) is 0 Å². The van der Waals surface area contributed by atoms with Gasteiger partial charge in [-0.1, -0.05) is 26.0 Å². The molecule has 0 amide bonds. The SMILES string of the molecule is CCCN1CCCc2ccc(C(O)C(C)CN3CCNCC3)cc21. The van der Waals surface area contributed by atoms with Crippen LogP contribution in [-0.2, 0) is 6.42 Å². The number of aliphatic hydroxyl groups is 1. The number of nitrogens with one attached hydrogen (secondary N) is 1. The molecule has 1 fully saturated rings. The smallest absolute Gasteiger partial charge is 0.0828 e. The van der Waals surface area contributed by atoms with Gasteiger partial charge in [0, 0.05) is 51.5 Å². The van der Waals surface area contributed by atoms with E-state index in [-0.39, 0.29) is 12.0 Å². The molecule has 0 radical (unpaired) electrons. The highest BCUT2D eigenvalue weighted by atomic mass is 16.3. The molecule has 3 rings (SSSR count). The highest BCUT2D eigenvalue weighted by Crippen LogP contribution is 2.32. The van der Waals surface area contributed by atoms with E-state index < -0.39 is 0 Å². The molecule has 2 atom stereocenters. The fraction of sp³-hybridized carbons (Fsp3) is 0.700. The van der Waals surface area contributed by atoms with Crippen molar-refractivity contribution in [3.05, 3.63) is 29.3 Å². The van der Waals surface area contributed by atoms with Gasteiger partial charge >= 0.3 is 0 Å². The maximum absolute atomic E-state index is 10.9. The number of rotatable bonds is 6. The highest BCUT2D eigenvalue weighted by Gasteiger charge is 2.23. The van der Waals surface area contributed by atoms with Crippen LogP contribution in [0.3, 0.4) is 0 Å². The Morgan fingerprint density at radius 1 is 1.21 bits per heavy atom. The molecular weight excluding hydrogens is 298 g/mol.